The Hall–Kier alpha value is -1.76. The van der Waals surface area contributed by atoms with E-state index in [0.717, 1.165) is 5.56 Å². The van der Waals surface area contributed by atoms with Crippen LogP contribution in [0.25, 0.3) is 0 Å². The number of benzene rings is 1. The number of rotatable bonds is 7. The molecule has 0 saturated heterocycles. The summed E-state index contributed by atoms with van der Waals surface area (Å²) >= 11 is 0. The van der Waals surface area contributed by atoms with Crippen LogP contribution in [0.5, 0.6) is 0 Å². The van der Waals surface area contributed by atoms with Gasteiger partial charge in [-0.05, 0) is 24.1 Å². The lowest BCUT2D eigenvalue weighted by atomic mass is 10.1. The van der Waals surface area contributed by atoms with Crippen molar-refractivity contribution in [2.24, 2.45) is 0 Å². The van der Waals surface area contributed by atoms with Crippen LogP contribution in [0, 0.1) is 0 Å². The fourth-order valence-corrected chi connectivity index (χ4v) is 3.41. The molecule has 1 heterocycles. The van der Waals surface area contributed by atoms with Crippen LogP contribution in [0.1, 0.15) is 5.56 Å². The van der Waals surface area contributed by atoms with Crippen molar-refractivity contribution in [2.75, 3.05) is 19.7 Å². The lowest BCUT2D eigenvalue weighted by Gasteiger charge is -2.21. The fourth-order valence-electron chi connectivity index (χ4n) is 2.01. The Morgan fingerprint density at radius 1 is 1.05 bits per heavy atom. The summed E-state index contributed by atoms with van der Waals surface area (Å²) in [5.74, 6) is 0. The lowest BCUT2D eigenvalue weighted by molar-refractivity contribution is 0.254. The smallest absolute Gasteiger partial charge is 0.244 e. The molecule has 5 nitrogen and oxygen atoms in total. The normalized spacial score (nSPS) is 11.7. The number of hydrogen-bond acceptors (Lipinski definition) is 4. The second-order valence-electron chi connectivity index (χ2n) is 4.55. The van der Waals surface area contributed by atoms with Crippen LogP contribution in [-0.2, 0) is 16.4 Å². The monoisotopic (exact) mass is 306 g/mol. The van der Waals surface area contributed by atoms with Gasteiger partial charge in [-0.25, -0.2) is 8.42 Å². The fraction of sp³-hybridized carbons (Fsp3) is 0.267. The summed E-state index contributed by atoms with van der Waals surface area (Å²) in [6.45, 7) is 0.181. The molecule has 0 fully saturated rings. The highest BCUT2D eigenvalue weighted by atomic mass is 32.2. The maximum Gasteiger partial charge on any atom is 0.244 e. The van der Waals surface area contributed by atoms with Gasteiger partial charge in [-0.1, -0.05) is 30.3 Å². The summed E-state index contributed by atoms with van der Waals surface area (Å²) < 4.78 is 26.3. The van der Waals surface area contributed by atoms with Crippen LogP contribution in [-0.4, -0.2) is 42.5 Å². The maximum absolute atomic E-state index is 12.5. The number of aromatic nitrogens is 1. The molecule has 0 aliphatic rings. The topological polar surface area (TPSA) is 70.5 Å². The quantitative estimate of drug-likeness (QED) is 0.837. The molecular weight excluding hydrogens is 288 g/mol. The number of nitrogens with zero attached hydrogens (tertiary/aromatic N) is 2. The molecule has 1 aromatic heterocycles. The minimum atomic E-state index is -3.62. The Kier molecular flexibility index (Phi) is 5.44. The molecule has 0 aliphatic heterocycles. The van der Waals surface area contributed by atoms with Crippen LogP contribution in [0.4, 0.5) is 0 Å². The Morgan fingerprint density at radius 2 is 1.81 bits per heavy atom. The number of sulfonamides is 1. The first-order chi connectivity index (χ1) is 10.1. The molecule has 6 heteroatoms. The zero-order valence-electron chi connectivity index (χ0n) is 11.6. The van der Waals surface area contributed by atoms with Crippen LogP contribution in [0.15, 0.2) is 59.8 Å². The van der Waals surface area contributed by atoms with Gasteiger partial charge in [-0.15, -0.1) is 0 Å². The van der Waals surface area contributed by atoms with Crippen LogP contribution >= 0.6 is 0 Å². The molecule has 0 spiro atoms. The summed E-state index contributed by atoms with van der Waals surface area (Å²) in [5.41, 5.74) is 1.06. The minimum Gasteiger partial charge on any atom is -0.395 e. The van der Waals surface area contributed by atoms with Gasteiger partial charge in [-0.2, -0.15) is 4.31 Å². The average molecular weight is 306 g/mol. The van der Waals surface area contributed by atoms with Crippen molar-refractivity contribution in [3.63, 3.8) is 0 Å². The van der Waals surface area contributed by atoms with E-state index in [-0.39, 0.29) is 18.0 Å². The Labute approximate surface area is 124 Å². The van der Waals surface area contributed by atoms with Crippen molar-refractivity contribution in [1.82, 2.24) is 9.29 Å². The highest BCUT2D eigenvalue weighted by Gasteiger charge is 2.23. The minimum absolute atomic E-state index is 0.0735. The van der Waals surface area contributed by atoms with Gasteiger partial charge in [0.05, 0.1) is 6.61 Å². The molecule has 0 saturated carbocycles. The molecular formula is C15H18N2O3S. The van der Waals surface area contributed by atoms with E-state index in [0.29, 0.717) is 13.0 Å². The molecule has 21 heavy (non-hydrogen) atoms. The standard InChI is InChI=1S/C15H18N2O3S/c18-12-11-17(10-8-14-5-2-1-3-6-14)21(19,20)15-7-4-9-16-13-15/h1-7,9,13,18H,8,10-12H2. The van der Waals surface area contributed by atoms with E-state index in [1.54, 1.807) is 6.07 Å². The van der Waals surface area contributed by atoms with Crippen molar-refractivity contribution in [2.45, 2.75) is 11.3 Å². The van der Waals surface area contributed by atoms with Gasteiger partial charge in [0.25, 0.3) is 0 Å². The largest absolute Gasteiger partial charge is 0.395 e. The predicted octanol–water partition coefficient (Wildman–Crippen LogP) is 1.31. The van der Waals surface area contributed by atoms with Crippen LogP contribution in [0.2, 0.25) is 0 Å². The third kappa shape index (κ3) is 4.10. The van der Waals surface area contributed by atoms with E-state index in [2.05, 4.69) is 4.98 Å². The molecule has 0 radical (unpaired) electrons. The summed E-state index contributed by atoms with van der Waals surface area (Å²) in [6, 6.07) is 12.8. The molecule has 2 rings (SSSR count). The van der Waals surface area contributed by atoms with E-state index in [1.165, 1.54) is 22.8 Å². The van der Waals surface area contributed by atoms with Gasteiger partial charge in [0.2, 0.25) is 10.0 Å². The van der Waals surface area contributed by atoms with Crippen molar-refractivity contribution < 1.29 is 13.5 Å². The predicted molar refractivity (Wildman–Crippen MR) is 80.2 cm³/mol. The number of hydrogen-bond donors (Lipinski definition) is 1. The zero-order valence-corrected chi connectivity index (χ0v) is 12.4. The van der Waals surface area contributed by atoms with E-state index in [4.69, 9.17) is 5.11 Å². The molecule has 0 amide bonds. The molecule has 112 valence electrons. The first kappa shape index (κ1) is 15.6. The van der Waals surface area contributed by atoms with Gasteiger partial charge < -0.3 is 5.11 Å². The highest BCUT2D eigenvalue weighted by Crippen LogP contribution is 2.14. The second kappa shape index (κ2) is 7.31. The molecule has 2 aromatic rings. The van der Waals surface area contributed by atoms with E-state index < -0.39 is 10.0 Å². The Morgan fingerprint density at radius 3 is 2.43 bits per heavy atom. The maximum atomic E-state index is 12.5. The lowest BCUT2D eigenvalue weighted by Crippen LogP contribution is -2.35. The summed E-state index contributed by atoms with van der Waals surface area (Å²) in [7, 11) is -3.62. The third-order valence-electron chi connectivity index (χ3n) is 3.11. The number of pyridine rings is 1. The van der Waals surface area contributed by atoms with Crippen LogP contribution in [0.3, 0.4) is 0 Å². The number of aliphatic hydroxyl groups is 1. The van der Waals surface area contributed by atoms with Gasteiger partial charge in [0, 0.05) is 25.5 Å². The van der Waals surface area contributed by atoms with Crippen molar-refractivity contribution in [3.8, 4) is 0 Å². The third-order valence-corrected chi connectivity index (χ3v) is 5.00. The average Bonchev–Trinajstić information content (AvgIpc) is 2.53. The Bertz CT molecular complexity index is 645. The highest BCUT2D eigenvalue weighted by molar-refractivity contribution is 7.89. The van der Waals surface area contributed by atoms with E-state index >= 15 is 0 Å². The van der Waals surface area contributed by atoms with E-state index in [1.807, 2.05) is 30.3 Å². The molecule has 0 aliphatic carbocycles. The Balaban J connectivity index is 2.15. The van der Waals surface area contributed by atoms with Gasteiger partial charge in [-0.3, -0.25) is 4.98 Å². The summed E-state index contributed by atoms with van der Waals surface area (Å²) in [6.07, 6.45) is 3.45. The van der Waals surface area contributed by atoms with Gasteiger partial charge in [0.15, 0.2) is 0 Å². The molecule has 1 aromatic carbocycles. The first-order valence-electron chi connectivity index (χ1n) is 6.69. The van der Waals surface area contributed by atoms with Gasteiger partial charge in [0.1, 0.15) is 4.90 Å². The molecule has 1 N–H and O–H groups in total. The second-order valence-corrected chi connectivity index (χ2v) is 6.49. The van der Waals surface area contributed by atoms with Crippen molar-refractivity contribution >= 4 is 10.0 Å². The zero-order chi connectivity index (χ0) is 15.1. The summed E-state index contributed by atoms with van der Waals surface area (Å²) in [4.78, 5) is 3.99. The summed E-state index contributed by atoms with van der Waals surface area (Å²) in [5, 5.41) is 9.12. The van der Waals surface area contributed by atoms with Gasteiger partial charge >= 0.3 is 0 Å². The SMILES string of the molecule is O=S(=O)(c1cccnc1)N(CCO)CCc1ccccc1. The molecule has 0 bridgehead atoms. The molecule has 0 unspecified atom stereocenters. The van der Waals surface area contributed by atoms with Crippen molar-refractivity contribution in [1.29, 1.82) is 0 Å². The van der Waals surface area contributed by atoms with Crippen LogP contribution < -0.4 is 0 Å². The first-order valence-corrected chi connectivity index (χ1v) is 8.13. The van der Waals surface area contributed by atoms with Crippen molar-refractivity contribution in [3.05, 3.63) is 60.4 Å². The molecule has 0 atom stereocenters. The van der Waals surface area contributed by atoms with E-state index in [9.17, 15) is 8.42 Å². The number of aliphatic hydroxyl groups excluding tert-OH is 1.